The predicted octanol–water partition coefficient (Wildman–Crippen LogP) is 20.2. The van der Waals surface area contributed by atoms with Gasteiger partial charge in [0.2, 0.25) is 5.91 Å². The zero-order chi connectivity index (χ0) is 51.4. The number of ether oxygens (including phenoxy) is 1. The third kappa shape index (κ3) is 57.5. The molecule has 0 aliphatic heterocycles. The van der Waals surface area contributed by atoms with Crippen molar-refractivity contribution in [1.82, 2.24) is 5.32 Å². The summed E-state index contributed by atoms with van der Waals surface area (Å²) in [5.41, 5.74) is 0. The summed E-state index contributed by atoms with van der Waals surface area (Å²) in [7, 11) is 0. The first-order valence-electron chi connectivity index (χ1n) is 32.1. The molecule has 71 heavy (non-hydrogen) atoms. The molecule has 0 radical (unpaired) electrons. The second kappa shape index (κ2) is 60.9. The van der Waals surface area contributed by atoms with Gasteiger partial charge in [0.25, 0.3) is 0 Å². The second-order valence-corrected chi connectivity index (χ2v) is 22.1. The minimum atomic E-state index is -0.673. The molecule has 0 aliphatic rings. The molecular formula is C65H125NO5. The molecule has 0 spiro atoms. The fourth-order valence-corrected chi connectivity index (χ4v) is 10.0. The summed E-state index contributed by atoms with van der Waals surface area (Å²) in [6.07, 6.45) is 74.7. The van der Waals surface area contributed by atoms with Crippen molar-refractivity contribution >= 4 is 11.9 Å². The first-order valence-corrected chi connectivity index (χ1v) is 32.1. The maximum Gasteiger partial charge on any atom is 0.305 e. The molecule has 6 heteroatoms. The van der Waals surface area contributed by atoms with Crippen LogP contribution in [0.1, 0.15) is 354 Å². The van der Waals surface area contributed by atoms with E-state index >= 15 is 0 Å². The number of carbonyl (C=O) groups is 2. The van der Waals surface area contributed by atoms with Gasteiger partial charge in [-0.25, -0.2) is 0 Å². The molecule has 0 heterocycles. The number of hydrogen-bond acceptors (Lipinski definition) is 5. The number of carbonyl (C=O) groups excluding carboxylic acids is 2. The number of aliphatic hydroxyl groups is 2. The highest BCUT2D eigenvalue weighted by molar-refractivity contribution is 5.76. The summed E-state index contributed by atoms with van der Waals surface area (Å²) in [5.74, 6) is -0.0522. The first kappa shape index (κ1) is 69.3. The Balaban J connectivity index is 3.45. The van der Waals surface area contributed by atoms with Gasteiger partial charge in [0.05, 0.1) is 25.4 Å². The monoisotopic (exact) mass is 1000 g/mol. The quantitative estimate of drug-likeness (QED) is 0.0320. The highest BCUT2D eigenvalue weighted by Crippen LogP contribution is 2.18. The number of nitrogens with one attached hydrogen (secondary N) is 1. The van der Waals surface area contributed by atoms with Gasteiger partial charge in [-0.3, -0.25) is 9.59 Å². The van der Waals surface area contributed by atoms with E-state index in [1.165, 1.54) is 263 Å². The molecular weight excluding hydrogens is 875 g/mol. The summed E-state index contributed by atoms with van der Waals surface area (Å²) in [6, 6.07) is -0.552. The lowest BCUT2D eigenvalue weighted by Gasteiger charge is -2.22. The standard InChI is InChI=1S/C65H125NO5/c1-3-5-7-9-11-13-15-17-19-21-22-23-24-26-29-33-37-41-45-49-53-57-63(68)62(61-67)66-64(69)58-54-50-46-42-38-34-30-27-25-28-32-36-40-44-48-52-56-60-71-65(70)59-55-51-47-43-39-35-31-20-18-16-14-12-10-8-6-4-2/h20,25,28,31,62-63,67-68H,3-19,21-24,26-27,29-30,32-61H2,1-2H3,(H,66,69)/b28-25-,31-20-. The van der Waals surface area contributed by atoms with E-state index in [4.69, 9.17) is 4.74 Å². The van der Waals surface area contributed by atoms with E-state index in [-0.39, 0.29) is 18.5 Å². The Morgan fingerprint density at radius 3 is 1.00 bits per heavy atom. The van der Waals surface area contributed by atoms with E-state index in [0.29, 0.717) is 25.9 Å². The highest BCUT2D eigenvalue weighted by atomic mass is 16.5. The fourth-order valence-electron chi connectivity index (χ4n) is 10.0. The molecule has 6 nitrogen and oxygen atoms in total. The molecule has 420 valence electrons. The molecule has 0 fully saturated rings. The van der Waals surface area contributed by atoms with Crippen LogP contribution < -0.4 is 5.32 Å². The van der Waals surface area contributed by atoms with Crippen molar-refractivity contribution in [2.24, 2.45) is 0 Å². The summed E-state index contributed by atoms with van der Waals surface area (Å²) in [6.45, 7) is 4.95. The van der Waals surface area contributed by atoms with Crippen LogP contribution in [0.3, 0.4) is 0 Å². The van der Waals surface area contributed by atoms with Crippen LogP contribution >= 0.6 is 0 Å². The van der Waals surface area contributed by atoms with Gasteiger partial charge in [-0.1, -0.05) is 289 Å². The summed E-state index contributed by atoms with van der Waals surface area (Å²) < 4.78 is 5.48. The van der Waals surface area contributed by atoms with E-state index in [0.717, 1.165) is 57.8 Å². The van der Waals surface area contributed by atoms with Crippen LogP contribution in [0.4, 0.5) is 0 Å². The first-order chi connectivity index (χ1) is 35.0. The van der Waals surface area contributed by atoms with Crippen LogP contribution in [-0.2, 0) is 14.3 Å². The van der Waals surface area contributed by atoms with E-state index in [1.54, 1.807) is 0 Å². The number of esters is 1. The van der Waals surface area contributed by atoms with Gasteiger partial charge in [-0.2, -0.15) is 0 Å². The largest absolute Gasteiger partial charge is 0.466 e. The lowest BCUT2D eigenvalue weighted by atomic mass is 10.0. The average molecular weight is 1000 g/mol. The number of rotatable bonds is 60. The highest BCUT2D eigenvalue weighted by Gasteiger charge is 2.20. The van der Waals surface area contributed by atoms with Crippen molar-refractivity contribution < 1.29 is 24.5 Å². The number of amides is 1. The van der Waals surface area contributed by atoms with Crippen molar-refractivity contribution in [2.45, 2.75) is 366 Å². The van der Waals surface area contributed by atoms with Gasteiger partial charge in [-0.05, 0) is 77.0 Å². The van der Waals surface area contributed by atoms with Gasteiger partial charge in [0, 0.05) is 12.8 Å². The number of aliphatic hydroxyl groups excluding tert-OH is 2. The van der Waals surface area contributed by atoms with Gasteiger partial charge in [-0.15, -0.1) is 0 Å². The van der Waals surface area contributed by atoms with Crippen LogP contribution in [0.5, 0.6) is 0 Å². The number of unbranched alkanes of at least 4 members (excludes halogenated alkanes) is 45. The van der Waals surface area contributed by atoms with Gasteiger partial charge in [0.1, 0.15) is 0 Å². The van der Waals surface area contributed by atoms with E-state index < -0.39 is 12.1 Å². The molecule has 0 aromatic rings. The summed E-state index contributed by atoms with van der Waals surface area (Å²) in [4.78, 5) is 24.6. The molecule has 0 rings (SSSR count). The predicted molar refractivity (Wildman–Crippen MR) is 310 cm³/mol. The van der Waals surface area contributed by atoms with E-state index in [9.17, 15) is 19.8 Å². The van der Waals surface area contributed by atoms with Crippen molar-refractivity contribution in [3.63, 3.8) is 0 Å². The van der Waals surface area contributed by atoms with E-state index in [2.05, 4.69) is 43.5 Å². The third-order valence-electron chi connectivity index (χ3n) is 15.0. The van der Waals surface area contributed by atoms with Crippen LogP contribution in [-0.4, -0.2) is 47.4 Å². The molecule has 0 aromatic carbocycles. The van der Waals surface area contributed by atoms with Gasteiger partial charge < -0.3 is 20.3 Å². The Morgan fingerprint density at radius 1 is 0.380 bits per heavy atom. The smallest absolute Gasteiger partial charge is 0.305 e. The van der Waals surface area contributed by atoms with Crippen molar-refractivity contribution in [3.8, 4) is 0 Å². The topological polar surface area (TPSA) is 95.9 Å². The number of allylic oxidation sites excluding steroid dienone is 4. The molecule has 0 saturated carbocycles. The van der Waals surface area contributed by atoms with Crippen LogP contribution in [0.2, 0.25) is 0 Å². The Morgan fingerprint density at radius 2 is 0.662 bits per heavy atom. The maximum atomic E-state index is 12.5. The molecule has 0 aromatic heterocycles. The molecule has 1 amide bonds. The van der Waals surface area contributed by atoms with E-state index in [1.807, 2.05) is 0 Å². The Bertz CT molecular complexity index is 1110. The van der Waals surface area contributed by atoms with Crippen molar-refractivity contribution in [2.75, 3.05) is 13.2 Å². The van der Waals surface area contributed by atoms with Gasteiger partial charge in [0.15, 0.2) is 0 Å². The lowest BCUT2D eigenvalue weighted by Crippen LogP contribution is -2.45. The molecule has 2 unspecified atom stereocenters. The zero-order valence-electron chi connectivity index (χ0n) is 48.0. The van der Waals surface area contributed by atoms with Crippen LogP contribution in [0.15, 0.2) is 24.3 Å². The minimum Gasteiger partial charge on any atom is -0.466 e. The van der Waals surface area contributed by atoms with Crippen LogP contribution in [0, 0.1) is 0 Å². The SMILES string of the molecule is CCCCCCCCC/C=C\CCCCCCCC(=O)OCCCCCCCC/C=C\CCCCCCCCCC(=O)NC(CO)C(O)CCCCCCCCCCCCCCCCCCCCCCC. The lowest BCUT2D eigenvalue weighted by molar-refractivity contribution is -0.143. The summed E-state index contributed by atoms with van der Waals surface area (Å²) in [5, 5.41) is 23.4. The number of hydrogen-bond donors (Lipinski definition) is 3. The Hall–Kier alpha value is -1.66. The Kier molecular flexibility index (Phi) is 59.5. The van der Waals surface area contributed by atoms with Crippen LogP contribution in [0.25, 0.3) is 0 Å². The molecule has 2 atom stereocenters. The molecule has 3 N–H and O–H groups in total. The van der Waals surface area contributed by atoms with Crippen molar-refractivity contribution in [3.05, 3.63) is 24.3 Å². The molecule has 0 bridgehead atoms. The molecule has 0 aliphatic carbocycles. The normalized spacial score (nSPS) is 12.7. The molecule has 0 saturated heterocycles. The third-order valence-corrected chi connectivity index (χ3v) is 15.0. The fraction of sp³-hybridized carbons (Fsp3) is 0.908. The minimum absolute atomic E-state index is 0.00836. The summed E-state index contributed by atoms with van der Waals surface area (Å²) >= 11 is 0. The second-order valence-electron chi connectivity index (χ2n) is 22.1. The maximum absolute atomic E-state index is 12.5. The van der Waals surface area contributed by atoms with Gasteiger partial charge >= 0.3 is 5.97 Å². The average Bonchev–Trinajstić information content (AvgIpc) is 3.37. The Labute approximate surface area is 443 Å². The van der Waals surface area contributed by atoms with Crippen molar-refractivity contribution in [1.29, 1.82) is 0 Å². The zero-order valence-corrected chi connectivity index (χ0v) is 48.0.